The fraction of sp³-hybridized carbons (Fsp3) is 0.750. The fourth-order valence-electron chi connectivity index (χ4n) is 2.88. The number of nitrogens with zero attached hydrogens (tertiary/aromatic N) is 1. The zero-order valence-electron chi connectivity index (χ0n) is 13.2. The van der Waals surface area contributed by atoms with Crippen molar-refractivity contribution in [2.75, 3.05) is 6.54 Å². The summed E-state index contributed by atoms with van der Waals surface area (Å²) in [6.45, 7) is 7.53. The van der Waals surface area contributed by atoms with E-state index in [-0.39, 0.29) is 17.3 Å². The monoisotopic (exact) mass is 294 g/mol. The molecule has 1 aliphatic carbocycles. The van der Waals surface area contributed by atoms with Gasteiger partial charge in [-0.2, -0.15) is 0 Å². The number of hydrogen-bond acceptors (Lipinski definition) is 4. The molecule has 0 radical (unpaired) electrons. The third-order valence-corrected chi connectivity index (χ3v) is 4.20. The molecule has 2 atom stereocenters. The molecule has 1 fully saturated rings. The minimum absolute atomic E-state index is 0.0387. The summed E-state index contributed by atoms with van der Waals surface area (Å²) in [4.78, 5) is 15.5. The molecule has 5 nitrogen and oxygen atoms in total. The molecule has 2 rings (SSSR count). The molecule has 5 heteroatoms. The summed E-state index contributed by atoms with van der Waals surface area (Å²) in [5.41, 5.74) is -0.0387. The predicted octanol–water partition coefficient (Wildman–Crippen LogP) is 2.95. The average Bonchev–Trinajstić information content (AvgIpc) is 2.88. The Hall–Kier alpha value is -1.36. The van der Waals surface area contributed by atoms with Gasteiger partial charge in [0.25, 0.3) is 0 Å². The van der Waals surface area contributed by atoms with Gasteiger partial charge in [-0.1, -0.05) is 33.6 Å². The Labute approximate surface area is 126 Å². The van der Waals surface area contributed by atoms with Crippen molar-refractivity contribution in [3.8, 4) is 0 Å². The van der Waals surface area contributed by atoms with E-state index in [1.165, 1.54) is 0 Å². The van der Waals surface area contributed by atoms with E-state index in [1.54, 1.807) is 6.20 Å². The van der Waals surface area contributed by atoms with Gasteiger partial charge >= 0.3 is 5.97 Å². The van der Waals surface area contributed by atoms with Crippen molar-refractivity contribution in [2.24, 2.45) is 11.8 Å². The molecule has 0 saturated heterocycles. The third-order valence-electron chi connectivity index (χ3n) is 4.20. The molecule has 0 aromatic carbocycles. The summed E-state index contributed by atoms with van der Waals surface area (Å²) in [5, 5.41) is 12.6. The maximum atomic E-state index is 11.3. The minimum atomic E-state index is -0.660. The number of rotatable bonds is 5. The van der Waals surface area contributed by atoms with Gasteiger partial charge < -0.3 is 14.8 Å². The summed E-state index contributed by atoms with van der Waals surface area (Å²) in [6.07, 6.45) is 5.72. The van der Waals surface area contributed by atoms with Crippen LogP contribution in [0.3, 0.4) is 0 Å². The number of oxazole rings is 1. The first-order chi connectivity index (χ1) is 9.88. The summed E-state index contributed by atoms with van der Waals surface area (Å²) in [6, 6.07) is 0. The van der Waals surface area contributed by atoms with Crippen LogP contribution in [0.25, 0.3) is 0 Å². The Kier molecular flexibility index (Phi) is 5.04. The maximum absolute atomic E-state index is 11.3. The Morgan fingerprint density at radius 1 is 1.43 bits per heavy atom. The van der Waals surface area contributed by atoms with E-state index in [0.29, 0.717) is 19.0 Å². The highest BCUT2D eigenvalue weighted by Crippen LogP contribution is 2.29. The molecule has 0 bridgehead atoms. The van der Waals surface area contributed by atoms with E-state index in [9.17, 15) is 9.90 Å². The van der Waals surface area contributed by atoms with Crippen molar-refractivity contribution >= 4 is 5.97 Å². The van der Waals surface area contributed by atoms with Gasteiger partial charge in [0.1, 0.15) is 5.76 Å². The Morgan fingerprint density at radius 2 is 2.14 bits per heavy atom. The van der Waals surface area contributed by atoms with E-state index >= 15 is 0 Å². The van der Waals surface area contributed by atoms with Gasteiger partial charge in [0, 0.05) is 5.41 Å². The third kappa shape index (κ3) is 4.30. The maximum Gasteiger partial charge on any atom is 0.306 e. The minimum Gasteiger partial charge on any atom is -0.481 e. The van der Waals surface area contributed by atoms with Gasteiger partial charge in [-0.25, -0.2) is 4.98 Å². The normalized spacial score (nSPS) is 23.2. The quantitative estimate of drug-likeness (QED) is 0.873. The number of nitrogens with one attached hydrogen (secondary N) is 1. The molecule has 2 unspecified atom stereocenters. The molecule has 1 aromatic heterocycles. The van der Waals surface area contributed by atoms with E-state index in [4.69, 9.17) is 4.42 Å². The number of carboxylic acid groups (broad SMARTS) is 1. The second-order valence-electron chi connectivity index (χ2n) is 6.99. The van der Waals surface area contributed by atoms with Crippen molar-refractivity contribution in [1.29, 1.82) is 0 Å². The van der Waals surface area contributed by atoms with Crippen LogP contribution < -0.4 is 5.32 Å². The van der Waals surface area contributed by atoms with E-state index in [2.05, 4.69) is 31.1 Å². The smallest absolute Gasteiger partial charge is 0.306 e. The zero-order valence-corrected chi connectivity index (χ0v) is 13.2. The molecule has 1 aliphatic rings. The van der Waals surface area contributed by atoms with Gasteiger partial charge in [-0.05, 0) is 25.3 Å². The number of carboxylic acids is 1. The lowest BCUT2D eigenvalue weighted by atomic mass is 9.79. The van der Waals surface area contributed by atoms with Gasteiger partial charge in [0.2, 0.25) is 5.89 Å². The lowest BCUT2D eigenvalue weighted by Gasteiger charge is -2.28. The molecule has 2 N–H and O–H groups in total. The van der Waals surface area contributed by atoms with Crippen LogP contribution in [-0.2, 0) is 16.8 Å². The summed E-state index contributed by atoms with van der Waals surface area (Å²) in [5.74, 6) is 0.893. The molecule has 1 saturated carbocycles. The number of hydrogen-bond donors (Lipinski definition) is 2. The molecule has 21 heavy (non-hydrogen) atoms. The molecule has 118 valence electrons. The van der Waals surface area contributed by atoms with Crippen LogP contribution in [-0.4, -0.2) is 22.6 Å². The first kappa shape index (κ1) is 16.0. The fourth-order valence-corrected chi connectivity index (χ4v) is 2.88. The Morgan fingerprint density at radius 3 is 2.76 bits per heavy atom. The van der Waals surface area contributed by atoms with E-state index in [0.717, 1.165) is 31.4 Å². The van der Waals surface area contributed by atoms with Gasteiger partial charge in [-0.3, -0.25) is 4.79 Å². The van der Waals surface area contributed by atoms with Crippen molar-refractivity contribution in [3.63, 3.8) is 0 Å². The molecular weight excluding hydrogens is 268 g/mol. The highest BCUT2D eigenvalue weighted by atomic mass is 16.4. The van der Waals surface area contributed by atoms with Crippen LogP contribution in [0, 0.1) is 11.8 Å². The molecule has 0 aliphatic heterocycles. The first-order valence-electron chi connectivity index (χ1n) is 7.76. The highest BCUT2D eigenvalue weighted by Gasteiger charge is 2.30. The van der Waals surface area contributed by atoms with Crippen LogP contribution in [0.1, 0.15) is 58.1 Å². The summed E-state index contributed by atoms with van der Waals surface area (Å²) < 4.78 is 5.72. The van der Waals surface area contributed by atoms with Crippen molar-refractivity contribution in [3.05, 3.63) is 17.8 Å². The number of aromatic nitrogens is 1. The van der Waals surface area contributed by atoms with Crippen LogP contribution in [0.15, 0.2) is 10.6 Å². The van der Waals surface area contributed by atoms with E-state index in [1.807, 2.05) is 0 Å². The summed E-state index contributed by atoms with van der Waals surface area (Å²) in [7, 11) is 0. The first-order valence-corrected chi connectivity index (χ1v) is 7.76. The van der Waals surface area contributed by atoms with Crippen LogP contribution >= 0.6 is 0 Å². The average molecular weight is 294 g/mol. The van der Waals surface area contributed by atoms with Gasteiger partial charge in [0.15, 0.2) is 0 Å². The zero-order chi connectivity index (χ0) is 15.5. The lowest BCUT2D eigenvalue weighted by molar-refractivity contribution is -0.144. The number of aliphatic carboxylic acids is 1. The van der Waals surface area contributed by atoms with Gasteiger partial charge in [0.05, 0.1) is 18.7 Å². The molecule has 1 heterocycles. The molecule has 1 aromatic rings. The van der Waals surface area contributed by atoms with Gasteiger partial charge in [-0.15, -0.1) is 0 Å². The molecule has 0 spiro atoms. The Bertz CT molecular complexity index is 476. The second kappa shape index (κ2) is 6.60. The SMILES string of the molecule is CC(C)(C)c1cnc(CNCC2CCCCC2C(=O)O)o1. The largest absolute Gasteiger partial charge is 0.481 e. The lowest BCUT2D eigenvalue weighted by Crippen LogP contribution is -2.34. The summed E-state index contributed by atoms with van der Waals surface area (Å²) >= 11 is 0. The highest BCUT2D eigenvalue weighted by molar-refractivity contribution is 5.70. The second-order valence-corrected chi connectivity index (χ2v) is 6.99. The topological polar surface area (TPSA) is 75.4 Å². The van der Waals surface area contributed by atoms with Crippen molar-refractivity contribution < 1.29 is 14.3 Å². The standard InChI is InChI=1S/C16H26N2O3/c1-16(2,3)13-9-18-14(21-13)10-17-8-11-6-4-5-7-12(11)15(19)20/h9,11-12,17H,4-8,10H2,1-3H3,(H,19,20). The number of carbonyl (C=O) groups is 1. The van der Waals surface area contributed by atoms with Crippen LogP contribution in [0.4, 0.5) is 0 Å². The molecular formula is C16H26N2O3. The van der Waals surface area contributed by atoms with E-state index < -0.39 is 5.97 Å². The van der Waals surface area contributed by atoms with Crippen molar-refractivity contribution in [1.82, 2.24) is 10.3 Å². The van der Waals surface area contributed by atoms with Crippen molar-refractivity contribution in [2.45, 2.75) is 58.4 Å². The van der Waals surface area contributed by atoms with Crippen LogP contribution in [0.2, 0.25) is 0 Å². The van der Waals surface area contributed by atoms with Crippen LogP contribution in [0.5, 0.6) is 0 Å². The molecule has 0 amide bonds. The Balaban J connectivity index is 1.83. The predicted molar refractivity (Wildman–Crippen MR) is 80.0 cm³/mol.